The van der Waals surface area contributed by atoms with Crippen LogP contribution in [-0.4, -0.2) is 51.0 Å². The minimum Gasteiger partial charge on any atom is -0.465 e. The average molecular weight is 370 g/mol. The van der Waals surface area contributed by atoms with Crippen molar-refractivity contribution >= 4 is 17.4 Å². The van der Waals surface area contributed by atoms with E-state index in [4.69, 9.17) is 0 Å². The Hall–Kier alpha value is -3.10. The summed E-state index contributed by atoms with van der Waals surface area (Å²) in [6.45, 7) is 3.11. The third-order valence-corrected chi connectivity index (χ3v) is 4.93. The fourth-order valence-electron chi connectivity index (χ4n) is 3.44. The summed E-state index contributed by atoms with van der Waals surface area (Å²) in [5, 5.41) is 12.7. The molecule has 27 heavy (non-hydrogen) atoms. The number of esters is 1. The fraction of sp³-hybridized carbons (Fsp3) is 0.389. The van der Waals surface area contributed by atoms with Crippen molar-refractivity contribution in [1.29, 1.82) is 0 Å². The van der Waals surface area contributed by atoms with Crippen LogP contribution in [0.25, 0.3) is 5.65 Å². The number of anilines is 1. The molecule has 1 fully saturated rings. The second kappa shape index (κ2) is 6.90. The number of carbonyl (C=O) groups is 1. The molecule has 0 unspecified atom stereocenters. The lowest BCUT2D eigenvalue weighted by atomic mass is 9.93. The summed E-state index contributed by atoms with van der Waals surface area (Å²) in [4.78, 5) is 17.7. The van der Waals surface area contributed by atoms with E-state index in [0.29, 0.717) is 13.1 Å². The van der Waals surface area contributed by atoms with E-state index in [2.05, 4.69) is 25.0 Å². The Kier molecular flexibility index (Phi) is 4.43. The predicted molar refractivity (Wildman–Crippen MR) is 95.2 cm³/mol. The van der Waals surface area contributed by atoms with Gasteiger partial charge in [0.25, 0.3) is 0 Å². The molecule has 0 atom stereocenters. The van der Waals surface area contributed by atoms with Crippen LogP contribution in [0.15, 0.2) is 24.4 Å². The molecule has 3 aromatic heterocycles. The van der Waals surface area contributed by atoms with Gasteiger partial charge in [0, 0.05) is 25.2 Å². The van der Waals surface area contributed by atoms with Crippen LogP contribution in [0.1, 0.15) is 40.6 Å². The van der Waals surface area contributed by atoms with Gasteiger partial charge in [-0.3, -0.25) is 0 Å². The van der Waals surface area contributed by atoms with Gasteiger partial charge in [0.2, 0.25) is 0 Å². The Morgan fingerprint density at radius 2 is 2.00 bits per heavy atom. The van der Waals surface area contributed by atoms with E-state index in [0.717, 1.165) is 30.0 Å². The van der Waals surface area contributed by atoms with Gasteiger partial charge >= 0.3 is 5.97 Å². The second-order valence-electron chi connectivity index (χ2n) is 6.52. The van der Waals surface area contributed by atoms with Gasteiger partial charge in [-0.2, -0.15) is 9.61 Å². The molecule has 0 amide bonds. The van der Waals surface area contributed by atoms with Gasteiger partial charge < -0.3 is 9.64 Å². The fourth-order valence-corrected chi connectivity index (χ4v) is 3.44. The highest BCUT2D eigenvalue weighted by molar-refractivity contribution is 5.90. The second-order valence-corrected chi connectivity index (χ2v) is 6.52. The minimum absolute atomic E-state index is 0.0974. The normalized spacial score (nSPS) is 15.3. The zero-order valence-electron chi connectivity index (χ0n) is 15.1. The molecule has 3 aromatic rings. The van der Waals surface area contributed by atoms with Crippen LogP contribution in [0.5, 0.6) is 0 Å². The van der Waals surface area contributed by atoms with Crippen LogP contribution in [0.4, 0.5) is 10.2 Å². The molecular formula is C18H19FN6O2. The van der Waals surface area contributed by atoms with E-state index < -0.39 is 11.8 Å². The van der Waals surface area contributed by atoms with Crippen molar-refractivity contribution in [2.75, 3.05) is 25.1 Å². The summed E-state index contributed by atoms with van der Waals surface area (Å²) in [6, 6.07) is 5.22. The van der Waals surface area contributed by atoms with Crippen LogP contribution in [-0.2, 0) is 4.74 Å². The molecule has 8 nitrogen and oxygen atoms in total. The third-order valence-electron chi connectivity index (χ3n) is 4.93. The van der Waals surface area contributed by atoms with E-state index >= 15 is 0 Å². The lowest BCUT2D eigenvalue weighted by molar-refractivity contribution is 0.0595. The monoisotopic (exact) mass is 370 g/mol. The van der Waals surface area contributed by atoms with Gasteiger partial charge in [-0.1, -0.05) is 0 Å². The molecule has 9 heteroatoms. The molecule has 0 bridgehead atoms. The first-order valence-electron chi connectivity index (χ1n) is 8.75. The zero-order valence-corrected chi connectivity index (χ0v) is 15.1. The number of ether oxygens (including phenoxy) is 1. The van der Waals surface area contributed by atoms with Crippen LogP contribution in [0.3, 0.4) is 0 Å². The smallest absolute Gasteiger partial charge is 0.341 e. The summed E-state index contributed by atoms with van der Waals surface area (Å²) in [5.74, 6) is -0.140. The van der Waals surface area contributed by atoms with Crippen LogP contribution >= 0.6 is 0 Å². The molecule has 0 spiro atoms. The maximum atomic E-state index is 14.7. The lowest BCUT2D eigenvalue weighted by Gasteiger charge is -2.32. The topological polar surface area (TPSA) is 85.5 Å². The number of fused-ring (bicyclic) bond motifs is 1. The number of pyridine rings is 1. The number of aryl methyl sites for hydroxylation is 1. The molecule has 1 saturated heterocycles. The highest BCUT2D eigenvalue weighted by atomic mass is 19.1. The summed E-state index contributed by atoms with van der Waals surface area (Å²) in [5.41, 5.74) is 1.60. The molecule has 1 aliphatic heterocycles. The van der Waals surface area contributed by atoms with E-state index in [-0.39, 0.29) is 17.3 Å². The highest BCUT2D eigenvalue weighted by Gasteiger charge is 2.26. The SMILES string of the molecule is COC(=O)c1ccnc(N2CCC(c3ccc4nnc(C)n4n3)CC2)c1F. The van der Waals surface area contributed by atoms with Gasteiger partial charge in [-0.05, 0) is 38.0 Å². The lowest BCUT2D eigenvalue weighted by Crippen LogP contribution is -2.34. The Balaban J connectivity index is 1.52. The Bertz CT molecular complexity index is 997. The summed E-state index contributed by atoms with van der Waals surface area (Å²) in [6.07, 6.45) is 3.05. The average Bonchev–Trinajstić information content (AvgIpc) is 3.08. The summed E-state index contributed by atoms with van der Waals surface area (Å²) >= 11 is 0. The first-order valence-corrected chi connectivity index (χ1v) is 8.75. The maximum absolute atomic E-state index is 14.7. The number of piperidine rings is 1. The molecular weight excluding hydrogens is 351 g/mol. The standard InChI is InChI=1S/C18H19FN6O2/c1-11-21-22-15-4-3-14(23-25(11)15)12-6-9-24(10-7-12)17-16(19)13(5-8-20-17)18(26)27-2/h3-5,8,12H,6-7,9-10H2,1-2H3. The highest BCUT2D eigenvalue weighted by Crippen LogP contribution is 2.30. The predicted octanol–water partition coefficient (Wildman–Crippen LogP) is 2.14. The number of rotatable bonds is 3. The third kappa shape index (κ3) is 3.09. The molecule has 0 aromatic carbocycles. The van der Waals surface area contributed by atoms with E-state index in [1.54, 1.807) is 4.52 Å². The maximum Gasteiger partial charge on any atom is 0.341 e. The van der Waals surface area contributed by atoms with Gasteiger partial charge in [0.15, 0.2) is 23.1 Å². The Morgan fingerprint density at radius 3 is 2.74 bits per heavy atom. The van der Waals surface area contributed by atoms with E-state index in [1.165, 1.54) is 19.4 Å². The van der Waals surface area contributed by atoms with Gasteiger partial charge in [-0.25, -0.2) is 14.2 Å². The quantitative estimate of drug-likeness (QED) is 0.653. The number of halogens is 1. The van der Waals surface area contributed by atoms with Crippen LogP contribution in [0, 0.1) is 12.7 Å². The summed E-state index contributed by atoms with van der Waals surface area (Å²) in [7, 11) is 1.23. The van der Waals surface area contributed by atoms with E-state index in [1.807, 2.05) is 24.0 Å². The number of methoxy groups -OCH3 is 1. The Morgan fingerprint density at radius 1 is 1.22 bits per heavy atom. The Labute approximate surface area is 155 Å². The minimum atomic E-state index is -0.701. The number of aromatic nitrogens is 5. The van der Waals surface area contributed by atoms with Crippen molar-refractivity contribution in [3.63, 3.8) is 0 Å². The van der Waals surface area contributed by atoms with Gasteiger partial charge in [0.1, 0.15) is 5.56 Å². The number of carbonyl (C=O) groups excluding carboxylic acids is 1. The molecule has 4 rings (SSSR count). The number of nitrogens with zero attached hydrogens (tertiary/aromatic N) is 6. The first-order chi connectivity index (χ1) is 13.1. The molecule has 0 radical (unpaired) electrons. The number of hydrogen-bond donors (Lipinski definition) is 0. The van der Waals surface area contributed by atoms with Gasteiger partial charge in [0.05, 0.1) is 12.8 Å². The summed E-state index contributed by atoms with van der Waals surface area (Å²) < 4.78 is 21.0. The number of hydrogen-bond acceptors (Lipinski definition) is 7. The van der Waals surface area contributed by atoms with Crippen molar-refractivity contribution in [2.45, 2.75) is 25.7 Å². The molecule has 0 saturated carbocycles. The van der Waals surface area contributed by atoms with Crippen molar-refractivity contribution in [2.24, 2.45) is 0 Å². The van der Waals surface area contributed by atoms with Crippen molar-refractivity contribution < 1.29 is 13.9 Å². The molecule has 0 N–H and O–H groups in total. The zero-order chi connectivity index (χ0) is 19.0. The first kappa shape index (κ1) is 17.3. The van der Waals surface area contributed by atoms with Crippen LogP contribution < -0.4 is 4.90 Å². The largest absolute Gasteiger partial charge is 0.465 e. The van der Waals surface area contributed by atoms with Crippen molar-refractivity contribution in [1.82, 2.24) is 24.8 Å². The van der Waals surface area contributed by atoms with Crippen molar-refractivity contribution in [3.05, 3.63) is 47.3 Å². The van der Waals surface area contributed by atoms with E-state index in [9.17, 15) is 9.18 Å². The van der Waals surface area contributed by atoms with Crippen molar-refractivity contribution in [3.8, 4) is 0 Å². The van der Waals surface area contributed by atoms with Crippen LogP contribution in [0.2, 0.25) is 0 Å². The molecule has 140 valence electrons. The molecule has 4 heterocycles. The molecule has 1 aliphatic rings. The van der Waals surface area contributed by atoms with Gasteiger partial charge in [-0.15, -0.1) is 10.2 Å². The molecule has 0 aliphatic carbocycles.